The zero-order valence-corrected chi connectivity index (χ0v) is 9.34. The van der Waals surface area contributed by atoms with Crippen LogP contribution in [0.2, 0.25) is 0 Å². The molecule has 0 heterocycles. The second-order valence-electron chi connectivity index (χ2n) is 4.36. The normalized spacial score (nSPS) is 22.2. The van der Waals surface area contributed by atoms with Crippen molar-refractivity contribution in [3.05, 3.63) is 0 Å². The molecular weight excluding hydrogens is 160 g/mol. The van der Waals surface area contributed by atoms with Gasteiger partial charge < -0.3 is 5.32 Å². The lowest BCUT2D eigenvalue weighted by molar-refractivity contribution is 0.145. The molecule has 0 aliphatic heterocycles. The summed E-state index contributed by atoms with van der Waals surface area (Å²) in [4.78, 5) is 2.55. The molecule has 0 radical (unpaired) electrons. The van der Waals surface area contributed by atoms with Gasteiger partial charge in [-0.3, -0.25) is 4.90 Å². The van der Waals surface area contributed by atoms with Gasteiger partial charge in [-0.05, 0) is 33.9 Å². The van der Waals surface area contributed by atoms with Crippen LogP contribution in [-0.2, 0) is 0 Å². The van der Waals surface area contributed by atoms with E-state index in [1.54, 1.807) is 0 Å². The third-order valence-corrected chi connectivity index (χ3v) is 3.35. The van der Waals surface area contributed by atoms with Gasteiger partial charge in [0.2, 0.25) is 0 Å². The molecule has 0 aromatic heterocycles. The second kappa shape index (κ2) is 5.61. The largest absolute Gasteiger partial charge is 0.318 e. The first-order chi connectivity index (χ1) is 6.25. The van der Waals surface area contributed by atoms with E-state index in [2.05, 4.69) is 24.2 Å². The lowest BCUT2D eigenvalue weighted by Gasteiger charge is -2.35. The van der Waals surface area contributed by atoms with Crippen molar-refractivity contribution in [1.29, 1.82) is 0 Å². The van der Waals surface area contributed by atoms with Crippen LogP contribution >= 0.6 is 0 Å². The van der Waals surface area contributed by atoms with Crippen molar-refractivity contribution < 1.29 is 0 Å². The minimum absolute atomic E-state index is 0.674. The molecule has 2 nitrogen and oxygen atoms in total. The van der Waals surface area contributed by atoms with Crippen LogP contribution in [0.25, 0.3) is 0 Å². The molecule has 0 saturated heterocycles. The summed E-state index contributed by atoms with van der Waals surface area (Å²) in [6.45, 7) is 3.41. The molecule has 1 unspecified atom stereocenters. The summed E-state index contributed by atoms with van der Waals surface area (Å²) >= 11 is 0. The molecule has 1 N–H and O–H groups in total. The highest BCUT2D eigenvalue weighted by Crippen LogP contribution is 2.22. The lowest BCUT2D eigenvalue weighted by Crippen LogP contribution is -2.44. The Labute approximate surface area is 82.7 Å². The average molecular weight is 184 g/mol. The summed E-state index contributed by atoms with van der Waals surface area (Å²) in [6.07, 6.45) is 7.13. The molecule has 2 heteroatoms. The monoisotopic (exact) mass is 184 g/mol. The Bertz CT molecular complexity index is 130. The van der Waals surface area contributed by atoms with Crippen LogP contribution in [0.4, 0.5) is 0 Å². The van der Waals surface area contributed by atoms with Crippen molar-refractivity contribution in [3.63, 3.8) is 0 Å². The van der Waals surface area contributed by atoms with Gasteiger partial charge in [0.05, 0.1) is 0 Å². The molecule has 1 aliphatic rings. The Morgan fingerprint density at radius 3 is 2.46 bits per heavy atom. The van der Waals surface area contributed by atoms with Crippen LogP contribution in [0.1, 0.15) is 39.0 Å². The second-order valence-corrected chi connectivity index (χ2v) is 4.36. The molecule has 0 spiro atoms. The molecule has 13 heavy (non-hydrogen) atoms. The number of likely N-dealkylation sites (N-methyl/N-ethyl adjacent to an activating group) is 2. The molecular formula is C11H24N2. The Kier molecular flexibility index (Phi) is 4.74. The fourth-order valence-electron chi connectivity index (χ4n) is 2.29. The van der Waals surface area contributed by atoms with Crippen LogP contribution in [0.15, 0.2) is 0 Å². The fraction of sp³-hybridized carbons (Fsp3) is 1.00. The average Bonchev–Trinajstić information content (AvgIpc) is 2.18. The number of nitrogens with zero attached hydrogens (tertiary/aromatic N) is 1. The van der Waals surface area contributed by atoms with E-state index in [4.69, 9.17) is 0 Å². The van der Waals surface area contributed by atoms with Gasteiger partial charge in [-0.25, -0.2) is 0 Å². The van der Waals surface area contributed by atoms with Gasteiger partial charge in [-0.2, -0.15) is 0 Å². The van der Waals surface area contributed by atoms with Gasteiger partial charge in [0.15, 0.2) is 0 Å². The van der Waals surface area contributed by atoms with Crippen LogP contribution in [0.3, 0.4) is 0 Å². The number of rotatable bonds is 4. The van der Waals surface area contributed by atoms with E-state index in [0.717, 1.165) is 12.6 Å². The van der Waals surface area contributed by atoms with Crippen LogP contribution in [0, 0.1) is 0 Å². The van der Waals surface area contributed by atoms with Crippen molar-refractivity contribution in [1.82, 2.24) is 10.2 Å². The van der Waals surface area contributed by atoms with Crippen LogP contribution < -0.4 is 5.32 Å². The number of hydrogen-bond acceptors (Lipinski definition) is 2. The topological polar surface area (TPSA) is 15.3 Å². The van der Waals surface area contributed by atoms with Crippen molar-refractivity contribution in [3.8, 4) is 0 Å². The Morgan fingerprint density at radius 1 is 1.31 bits per heavy atom. The minimum atomic E-state index is 0.674. The third kappa shape index (κ3) is 3.28. The molecule has 1 aliphatic carbocycles. The van der Waals surface area contributed by atoms with E-state index in [1.165, 1.54) is 32.1 Å². The van der Waals surface area contributed by atoms with E-state index in [9.17, 15) is 0 Å². The van der Waals surface area contributed by atoms with Gasteiger partial charge in [-0.1, -0.05) is 19.3 Å². The summed E-state index contributed by atoms with van der Waals surface area (Å²) in [5, 5.41) is 3.25. The Morgan fingerprint density at radius 2 is 1.92 bits per heavy atom. The van der Waals surface area contributed by atoms with Crippen LogP contribution in [-0.4, -0.2) is 37.6 Å². The predicted octanol–water partition coefficient (Wildman–Crippen LogP) is 1.86. The molecule has 0 aromatic carbocycles. The maximum Gasteiger partial charge on any atom is 0.0192 e. The SMILES string of the molecule is CNCC(C)N(C)C1CCCCC1. The van der Waals surface area contributed by atoms with E-state index in [-0.39, 0.29) is 0 Å². The van der Waals surface area contributed by atoms with Gasteiger partial charge in [0.1, 0.15) is 0 Å². The van der Waals surface area contributed by atoms with Crippen molar-refractivity contribution >= 4 is 0 Å². The molecule has 1 atom stereocenters. The highest BCUT2D eigenvalue weighted by atomic mass is 15.2. The molecule has 0 aromatic rings. The Balaban J connectivity index is 2.31. The molecule has 1 fully saturated rings. The van der Waals surface area contributed by atoms with E-state index >= 15 is 0 Å². The number of nitrogens with one attached hydrogen (secondary N) is 1. The van der Waals surface area contributed by atoms with E-state index in [0.29, 0.717) is 6.04 Å². The summed E-state index contributed by atoms with van der Waals surface area (Å²) in [6, 6.07) is 1.52. The molecule has 78 valence electrons. The lowest BCUT2D eigenvalue weighted by atomic mass is 9.94. The number of hydrogen-bond donors (Lipinski definition) is 1. The maximum atomic E-state index is 3.25. The molecule has 1 saturated carbocycles. The predicted molar refractivity (Wildman–Crippen MR) is 58.0 cm³/mol. The maximum absolute atomic E-state index is 3.25. The van der Waals surface area contributed by atoms with Crippen molar-refractivity contribution in [2.75, 3.05) is 20.6 Å². The first-order valence-electron chi connectivity index (χ1n) is 5.62. The highest BCUT2D eigenvalue weighted by molar-refractivity contribution is 4.77. The zero-order valence-electron chi connectivity index (χ0n) is 9.34. The highest BCUT2D eigenvalue weighted by Gasteiger charge is 2.20. The van der Waals surface area contributed by atoms with Gasteiger partial charge in [0, 0.05) is 18.6 Å². The van der Waals surface area contributed by atoms with Crippen LogP contribution in [0.5, 0.6) is 0 Å². The first-order valence-corrected chi connectivity index (χ1v) is 5.62. The minimum Gasteiger partial charge on any atom is -0.318 e. The van der Waals surface area contributed by atoms with Crippen molar-refractivity contribution in [2.45, 2.75) is 51.1 Å². The summed E-state index contributed by atoms with van der Waals surface area (Å²) in [7, 11) is 4.31. The Hall–Kier alpha value is -0.0800. The van der Waals surface area contributed by atoms with Gasteiger partial charge in [-0.15, -0.1) is 0 Å². The third-order valence-electron chi connectivity index (χ3n) is 3.35. The summed E-state index contributed by atoms with van der Waals surface area (Å²) in [5.41, 5.74) is 0. The quantitative estimate of drug-likeness (QED) is 0.717. The fourth-order valence-corrected chi connectivity index (χ4v) is 2.29. The summed E-state index contributed by atoms with van der Waals surface area (Å²) in [5.74, 6) is 0. The standard InChI is InChI=1S/C11H24N2/c1-10(9-12-2)13(3)11-7-5-4-6-8-11/h10-12H,4-9H2,1-3H3. The smallest absolute Gasteiger partial charge is 0.0192 e. The van der Waals surface area contributed by atoms with E-state index in [1.807, 2.05) is 7.05 Å². The zero-order chi connectivity index (χ0) is 9.68. The first kappa shape index (κ1) is 11.0. The summed E-state index contributed by atoms with van der Waals surface area (Å²) < 4.78 is 0. The molecule has 0 amide bonds. The molecule has 1 rings (SSSR count). The van der Waals surface area contributed by atoms with E-state index < -0.39 is 0 Å². The van der Waals surface area contributed by atoms with Crippen molar-refractivity contribution in [2.24, 2.45) is 0 Å². The van der Waals surface area contributed by atoms with Gasteiger partial charge in [0.25, 0.3) is 0 Å². The van der Waals surface area contributed by atoms with Gasteiger partial charge >= 0.3 is 0 Å². The molecule has 0 bridgehead atoms.